The summed E-state index contributed by atoms with van der Waals surface area (Å²) in [4.78, 5) is 25.3. The van der Waals surface area contributed by atoms with Gasteiger partial charge >= 0.3 is 5.97 Å². The van der Waals surface area contributed by atoms with Crippen LogP contribution < -0.4 is 5.73 Å². The van der Waals surface area contributed by atoms with E-state index in [4.69, 9.17) is 10.8 Å². The molecular formula is C15H26N2O3. The number of rotatable bonds is 3. The standard InChI is InChI=1S/C15H26N2O3/c1-11-9-12(14(19)20)5-8-17(11)13(18)10-15(16)6-3-2-4-7-15/h11-12H,2-10,16H2,1H3,(H,19,20). The molecule has 0 spiro atoms. The number of likely N-dealkylation sites (tertiary alicyclic amines) is 1. The number of carboxylic acids is 1. The van der Waals surface area contributed by atoms with Crippen LogP contribution in [0.2, 0.25) is 0 Å². The highest BCUT2D eigenvalue weighted by Crippen LogP contribution is 2.31. The van der Waals surface area contributed by atoms with Gasteiger partial charge in [0.1, 0.15) is 0 Å². The fraction of sp³-hybridized carbons (Fsp3) is 0.867. The molecule has 0 aromatic carbocycles. The third-order valence-corrected chi connectivity index (χ3v) is 4.90. The van der Waals surface area contributed by atoms with E-state index in [9.17, 15) is 9.59 Å². The van der Waals surface area contributed by atoms with Gasteiger partial charge in [-0.15, -0.1) is 0 Å². The molecule has 1 saturated heterocycles. The maximum Gasteiger partial charge on any atom is 0.306 e. The van der Waals surface area contributed by atoms with Gasteiger partial charge < -0.3 is 15.7 Å². The molecule has 5 heteroatoms. The number of piperidine rings is 1. The molecule has 114 valence electrons. The zero-order chi connectivity index (χ0) is 14.8. The highest BCUT2D eigenvalue weighted by Gasteiger charge is 2.36. The van der Waals surface area contributed by atoms with Crippen molar-refractivity contribution in [2.45, 2.75) is 69.9 Å². The second-order valence-corrected chi connectivity index (χ2v) is 6.60. The lowest BCUT2D eigenvalue weighted by atomic mass is 9.79. The predicted octanol–water partition coefficient (Wildman–Crippen LogP) is 1.75. The number of carbonyl (C=O) groups excluding carboxylic acids is 1. The molecule has 0 aromatic heterocycles. The largest absolute Gasteiger partial charge is 0.481 e. The van der Waals surface area contributed by atoms with E-state index >= 15 is 0 Å². The fourth-order valence-corrected chi connectivity index (χ4v) is 3.60. The SMILES string of the molecule is CC1CC(C(=O)O)CCN1C(=O)CC1(N)CCCCC1. The first kappa shape index (κ1) is 15.3. The lowest BCUT2D eigenvalue weighted by molar-refractivity contribution is -0.148. The van der Waals surface area contributed by atoms with E-state index in [1.54, 1.807) is 0 Å². The minimum Gasteiger partial charge on any atom is -0.481 e. The van der Waals surface area contributed by atoms with E-state index in [1.165, 1.54) is 6.42 Å². The van der Waals surface area contributed by atoms with Crippen LogP contribution in [0.1, 0.15) is 58.3 Å². The lowest BCUT2D eigenvalue weighted by Crippen LogP contribution is -2.51. The molecule has 0 bridgehead atoms. The molecule has 3 N–H and O–H groups in total. The number of amides is 1. The van der Waals surface area contributed by atoms with Crippen molar-refractivity contribution in [1.29, 1.82) is 0 Å². The van der Waals surface area contributed by atoms with Gasteiger partial charge in [0.05, 0.1) is 5.92 Å². The van der Waals surface area contributed by atoms with Crippen molar-refractivity contribution in [2.24, 2.45) is 11.7 Å². The quantitative estimate of drug-likeness (QED) is 0.826. The van der Waals surface area contributed by atoms with Gasteiger partial charge in [-0.25, -0.2) is 0 Å². The Morgan fingerprint density at radius 3 is 2.50 bits per heavy atom. The van der Waals surface area contributed by atoms with Crippen LogP contribution in [0.15, 0.2) is 0 Å². The Kier molecular flexibility index (Phi) is 4.68. The van der Waals surface area contributed by atoms with Crippen molar-refractivity contribution in [3.63, 3.8) is 0 Å². The molecule has 1 saturated carbocycles. The molecule has 1 heterocycles. The van der Waals surface area contributed by atoms with Gasteiger partial charge in [-0.2, -0.15) is 0 Å². The molecule has 1 aliphatic carbocycles. The predicted molar refractivity (Wildman–Crippen MR) is 76.2 cm³/mol. The number of carboxylic acid groups (broad SMARTS) is 1. The molecule has 0 radical (unpaired) electrons. The van der Waals surface area contributed by atoms with E-state index in [-0.39, 0.29) is 23.4 Å². The smallest absolute Gasteiger partial charge is 0.306 e. The molecule has 2 rings (SSSR count). The molecule has 2 atom stereocenters. The average Bonchev–Trinajstić information content (AvgIpc) is 2.38. The molecule has 0 aromatic rings. The second kappa shape index (κ2) is 6.12. The third-order valence-electron chi connectivity index (χ3n) is 4.90. The van der Waals surface area contributed by atoms with Gasteiger partial charge in [-0.3, -0.25) is 9.59 Å². The summed E-state index contributed by atoms with van der Waals surface area (Å²) in [5.41, 5.74) is 6.01. The van der Waals surface area contributed by atoms with Crippen LogP contribution in [0.4, 0.5) is 0 Å². The topological polar surface area (TPSA) is 83.6 Å². The fourth-order valence-electron chi connectivity index (χ4n) is 3.60. The molecule has 5 nitrogen and oxygen atoms in total. The Balaban J connectivity index is 1.91. The van der Waals surface area contributed by atoms with Gasteiger partial charge in [0, 0.05) is 24.5 Å². The number of hydrogen-bond donors (Lipinski definition) is 2. The summed E-state index contributed by atoms with van der Waals surface area (Å²) in [5, 5.41) is 9.06. The summed E-state index contributed by atoms with van der Waals surface area (Å²) >= 11 is 0. The first-order chi connectivity index (χ1) is 9.41. The normalized spacial score (nSPS) is 30.0. The first-order valence-corrected chi connectivity index (χ1v) is 7.72. The highest BCUT2D eigenvalue weighted by atomic mass is 16.4. The Labute approximate surface area is 120 Å². The number of carbonyl (C=O) groups is 2. The maximum atomic E-state index is 12.5. The van der Waals surface area contributed by atoms with Crippen LogP contribution in [0.25, 0.3) is 0 Å². The number of aliphatic carboxylic acids is 1. The monoisotopic (exact) mass is 282 g/mol. The number of hydrogen-bond acceptors (Lipinski definition) is 3. The number of nitrogens with zero attached hydrogens (tertiary/aromatic N) is 1. The van der Waals surface area contributed by atoms with Crippen molar-refractivity contribution in [2.75, 3.05) is 6.54 Å². The first-order valence-electron chi connectivity index (χ1n) is 7.72. The van der Waals surface area contributed by atoms with Crippen LogP contribution in [0.5, 0.6) is 0 Å². The van der Waals surface area contributed by atoms with Crippen molar-refractivity contribution in [3.05, 3.63) is 0 Å². The zero-order valence-corrected chi connectivity index (χ0v) is 12.3. The van der Waals surface area contributed by atoms with E-state index in [0.29, 0.717) is 25.8 Å². The summed E-state index contributed by atoms with van der Waals surface area (Å²) in [7, 11) is 0. The van der Waals surface area contributed by atoms with Gasteiger partial charge in [-0.05, 0) is 32.6 Å². The molecule has 1 aliphatic heterocycles. The summed E-state index contributed by atoms with van der Waals surface area (Å²) in [5.74, 6) is -0.951. The minimum absolute atomic E-state index is 0.00420. The zero-order valence-electron chi connectivity index (χ0n) is 12.3. The van der Waals surface area contributed by atoms with Gasteiger partial charge in [-0.1, -0.05) is 19.3 Å². The Hall–Kier alpha value is -1.10. The summed E-state index contributed by atoms with van der Waals surface area (Å²) in [6.07, 6.45) is 6.82. The van der Waals surface area contributed by atoms with Crippen LogP contribution in [-0.2, 0) is 9.59 Å². The Bertz CT molecular complexity index is 377. The van der Waals surface area contributed by atoms with Crippen molar-refractivity contribution < 1.29 is 14.7 Å². The maximum absolute atomic E-state index is 12.5. The molecular weight excluding hydrogens is 256 g/mol. The summed E-state index contributed by atoms with van der Waals surface area (Å²) < 4.78 is 0. The molecule has 20 heavy (non-hydrogen) atoms. The van der Waals surface area contributed by atoms with Gasteiger partial charge in [0.25, 0.3) is 0 Å². The van der Waals surface area contributed by atoms with E-state index in [2.05, 4.69) is 0 Å². The lowest BCUT2D eigenvalue weighted by Gasteiger charge is -2.40. The second-order valence-electron chi connectivity index (χ2n) is 6.60. The Morgan fingerprint density at radius 2 is 1.95 bits per heavy atom. The van der Waals surface area contributed by atoms with Gasteiger partial charge in [0.2, 0.25) is 5.91 Å². The third kappa shape index (κ3) is 3.51. The minimum atomic E-state index is -0.744. The van der Waals surface area contributed by atoms with Crippen molar-refractivity contribution in [1.82, 2.24) is 4.90 Å². The van der Waals surface area contributed by atoms with Crippen LogP contribution in [0, 0.1) is 5.92 Å². The van der Waals surface area contributed by atoms with Crippen LogP contribution in [0.3, 0.4) is 0 Å². The van der Waals surface area contributed by atoms with Gasteiger partial charge in [0.15, 0.2) is 0 Å². The van der Waals surface area contributed by atoms with E-state index in [1.807, 2.05) is 11.8 Å². The number of nitrogens with two attached hydrogens (primary N) is 1. The summed E-state index contributed by atoms with van der Waals surface area (Å²) in [6.45, 7) is 2.49. The Morgan fingerprint density at radius 1 is 1.30 bits per heavy atom. The van der Waals surface area contributed by atoms with Crippen molar-refractivity contribution in [3.8, 4) is 0 Å². The molecule has 2 unspecified atom stereocenters. The van der Waals surface area contributed by atoms with Crippen molar-refractivity contribution >= 4 is 11.9 Å². The summed E-state index contributed by atoms with van der Waals surface area (Å²) in [6, 6.07) is 0.00420. The molecule has 1 amide bonds. The molecule has 2 fully saturated rings. The van der Waals surface area contributed by atoms with Crippen LogP contribution in [-0.4, -0.2) is 40.0 Å². The van der Waals surface area contributed by atoms with E-state index in [0.717, 1.165) is 25.7 Å². The van der Waals surface area contributed by atoms with E-state index < -0.39 is 5.97 Å². The molecule has 2 aliphatic rings. The highest BCUT2D eigenvalue weighted by molar-refractivity contribution is 5.78. The van der Waals surface area contributed by atoms with Crippen LogP contribution >= 0.6 is 0 Å². The average molecular weight is 282 g/mol.